The molecule has 0 spiro atoms. The third-order valence-electron chi connectivity index (χ3n) is 4.89. The van der Waals surface area contributed by atoms with Crippen molar-refractivity contribution in [1.82, 2.24) is 9.29 Å². The molecular formula is C20H21N3O3S2. The Morgan fingerprint density at radius 1 is 1.14 bits per heavy atom. The summed E-state index contributed by atoms with van der Waals surface area (Å²) in [5.74, 6) is -0.293. The van der Waals surface area contributed by atoms with Crippen molar-refractivity contribution < 1.29 is 13.2 Å². The third kappa shape index (κ3) is 3.80. The summed E-state index contributed by atoms with van der Waals surface area (Å²) in [5.41, 5.74) is 2.39. The van der Waals surface area contributed by atoms with Gasteiger partial charge in [0.25, 0.3) is 0 Å². The summed E-state index contributed by atoms with van der Waals surface area (Å²) in [6, 6.07) is 14.7. The van der Waals surface area contributed by atoms with Crippen LogP contribution in [0.3, 0.4) is 0 Å². The number of benzene rings is 2. The minimum Gasteiger partial charge on any atom is -0.324 e. The molecular weight excluding hydrogens is 394 g/mol. The van der Waals surface area contributed by atoms with Gasteiger partial charge in [0.15, 0.2) is 0 Å². The lowest BCUT2D eigenvalue weighted by Gasteiger charge is -2.32. The second-order valence-electron chi connectivity index (χ2n) is 6.91. The molecule has 1 aliphatic rings. The van der Waals surface area contributed by atoms with Gasteiger partial charge in [0, 0.05) is 12.1 Å². The third-order valence-corrected chi connectivity index (χ3v) is 7.25. The first-order valence-electron chi connectivity index (χ1n) is 9.16. The Bertz CT molecular complexity index is 1090. The molecule has 0 radical (unpaired) electrons. The molecule has 1 unspecified atom stereocenters. The van der Waals surface area contributed by atoms with E-state index in [0.717, 1.165) is 39.9 Å². The first kappa shape index (κ1) is 19.0. The quantitative estimate of drug-likeness (QED) is 0.704. The maximum absolute atomic E-state index is 12.9. The van der Waals surface area contributed by atoms with Crippen molar-refractivity contribution in [2.24, 2.45) is 0 Å². The number of amides is 1. The van der Waals surface area contributed by atoms with Crippen LogP contribution in [0.15, 0.2) is 48.5 Å². The second kappa shape index (κ2) is 7.62. The van der Waals surface area contributed by atoms with Gasteiger partial charge in [0.05, 0.1) is 22.2 Å². The van der Waals surface area contributed by atoms with Crippen LogP contribution in [0.4, 0.5) is 5.69 Å². The van der Waals surface area contributed by atoms with Crippen LogP contribution >= 0.6 is 11.3 Å². The molecule has 4 rings (SSSR count). The van der Waals surface area contributed by atoms with Gasteiger partial charge in [-0.05, 0) is 37.1 Å². The molecule has 28 heavy (non-hydrogen) atoms. The van der Waals surface area contributed by atoms with Crippen molar-refractivity contribution in [2.45, 2.75) is 25.3 Å². The normalized spacial score (nSPS) is 18.2. The van der Waals surface area contributed by atoms with Crippen LogP contribution in [0.25, 0.3) is 20.8 Å². The highest BCUT2D eigenvalue weighted by atomic mass is 32.2. The van der Waals surface area contributed by atoms with E-state index in [0.29, 0.717) is 18.7 Å². The molecule has 1 aromatic heterocycles. The molecule has 0 saturated carbocycles. The van der Waals surface area contributed by atoms with Gasteiger partial charge in [-0.3, -0.25) is 4.79 Å². The highest BCUT2D eigenvalue weighted by Crippen LogP contribution is 2.34. The molecule has 0 bridgehead atoms. The predicted octanol–water partition coefficient (Wildman–Crippen LogP) is 3.72. The number of piperidine rings is 1. The molecule has 1 amide bonds. The zero-order valence-corrected chi connectivity index (χ0v) is 17.1. The summed E-state index contributed by atoms with van der Waals surface area (Å²) in [6.45, 7) is 0.385. The van der Waals surface area contributed by atoms with E-state index in [2.05, 4.69) is 10.3 Å². The second-order valence-corrected chi connectivity index (χ2v) is 9.87. The monoisotopic (exact) mass is 415 g/mol. The Balaban J connectivity index is 1.64. The van der Waals surface area contributed by atoms with E-state index >= 15 is 0 Å². The molecule has 1 atom stereocenters. The largest absolute Gasteiger partial charge is 0.324 e. The fourth-order valence-corrected chi connectivity index (χ4v) is 5.68. The molecule has 1 N–H and O–H groups in total. The van der Waals surface area contributed by atoms with Gasteiger partial charge in [0.1, 0.15) is 11.0 Å². The first-order chi connectivity index (χ1) is 13.4. The van der Waals surface area contributed by atoms with Gasteiger partial charge in [0.2, 0.25) is 15.9 Å². The number of sulfonamides is 1. The fraction of sp³-hybridized carbons (Fsp3) is 0.300. The van der Waals surface area contributed by atoms with Crippen LogP contribution < -0.4 is 5.32 Å². The van der Waals surface area contributed by atoms with Crippen molar-refractivity contribution in [3.63, 3.8) is 0 Å². The molecule has 1 fully saturated rings. The van der Waals surface area contributed by atoms with E-state index in [-0.39, 0.29) is 5.91 Å². The predicted molar refractivity (Wildman–Crippen MR) is 113 cm³/mol. The van der Waals surface area contributed by atoms with E-state index in [1.165, 1.54) is 4.31 Å². The number of carbonyl (C=O) groups is 1. The minimum atomic E-state index is -3.43. The number of carbonyl (C=O) groups excluding carboxylic acids is 1. The minimum absolute atomic E-state index is 0.293. The topological polar surface area (TPSA) is 79.4 Å². The number of aromatic nitrogens is 1. The summed E-state index contributed by atoms with van der Waals surface area (Å²) in [6.07, 6.45) is 3.30. The SMILES string of the molecule is CS(=O)(=O)N1CCCCC1C(=O)Nc1ccccc1-c1nc2ccccc2s1. The number of anilines is 1. The van der Waals surface area contributed by atoms with Crippen molar-refractivity contribution in [2.75, 3.05) is 18.1 Å². The summed E-state index contributed by atoms with van der Waals surface area (Å²) < 4.78 is 26.5. The highest BCUT2D eigenvalue weighted by Gasteiger charge is 2.34. The van der Waals surface area contributed by atoms with Crippen molar-refractivity contribution in [3.05, 3.63) is 48.5 Å². The molecule has 0 aliphatic carbocycles. The average Bonchev–Trinajstić information content (AvgIpc) is 3.12. The molecule has 2 heterocycles. The summed E-state index contributed by atoms with van der Waals surface area (Å²) >= 11 is 1.56. The summed E-state index contributed by atoms with van der Waals surface area (Å²) in [5, 5.41) is 3.77. The van der Waals surface area contributed by atoms with Crippen LogP contribution in [0, 0.1) is 0 Å². The number of fused-ring (bicyclic) bond motifs is 1. The van der Waals surface area contributed by atoms with Gasteiger partial charge in [-0.15, -0.1) is 11.3 Å². The zero-order chi connectivity index (χ0) is 19.7. The van der Waals surface area contributed by atoms with Crippen LogP contribution in [-0.2, 0) is 14.8 Å². The van der Waals surface area contributed by atoms with E-state index in [1.807, 2.05) is 48.5 Å². The average molecular weight is 416 g/mol. The maximum atomic E-state index is 12.9. The van der Waals surface area contributed by atoms with Crippen molar-refractivity contribution >= 4 is 43.2 Å². The summed E-state index contributed by atoms with van der Waals surface area (Å²) in [7, 11) is -3.43. The number of rotatable bonds is 4. The van der Waals surface area contributed by atoms with Gasteiger partial charge in [-0.2, -0.15) is 4.31 Å². The standard InChI is InChI=1S/C20H21N3O3S2/c1-28(25,26)23-13-7-6-11-17(23)19(24)21-15-9-3-2-8-14(15)20-22-16-10-4-5-12-18(16)27-20/h2-5,8-10,12,17H,6-7,11,13H2,1H3,(H,21,24). The molecule has 6 nitrogen and oxygen atoms in total. The number of nitrogens with one attached hydrogen (secondary N) is 1. The number of nitrogens with zero attached hydrogens (tertiary/aromatic N) is 2. The first-order valence-corrected chi connectivity index (χ1v) is 11.8. The molecule has 1 aliphatic heterocycles. The number of hydrogen-bond acceptors (Lipinski definition) is 5. The molecule has 3 aromatic rings. The van der Waals surface area contributed by atoms with Crippen LogP contribution in [0.2, 0.25) is 0 Å². The molecule has 2 aromatic carbocycles. The van der Waals surface area contributed by atoms with Crippen molar-refractivity contribution in [1.29, 1.82) is 0 Å². The number of para-hydroxylation sites is 2. The van der Waals surface area contributed by atoms with E-state index in [9.17, 15) is 13.2 Å². The Labute approximate surface area is 168 Å². The van der Waals surface area contributed by atoms with Gasteiger partial charge in [-0.1, -0.05) is 30.7 Å². The Kier molecular flexibility index (Phi) is 5.18. The lowest BCUT2D eigenvalue weighted by Crippen LogP contribution is -2.49. The zero-order valence-electron chi connectivity index (χ0n) is 15.5. The Hall–Kier alpha value is -2.29. The van der Waals surface area contributed by atoms with Gasteiger partial charge < -0.3 is 5.32 Å². The van der Waals surface area contributed by atoms with Crippen LogP contribution in [-0.4, -0.2) is 42.5 Å². The van der Waals surface area contributed by atoms with Gasteiger partial charge >= 0.3 is 0 Å². The lowest BCUT2D eigenvalue weighted by molar-refractivity contribution is -0.120. The Morgan fingerprint density at radius 2 is 1.89 bits per heavy atom. The Morgan fingerprint density at radius 3 is 2.68 bits per heavy atom. The van der Waals surface area contributed by atoms with E-state index in [1.54, 1.807) is 11.3 Å². The van der Waals surface area contributed by atoms with E-state index < -0.39 is 16.1 Å². The van der Waals surface area contributed by atoms with Crippen LogP contribution in [0.1, 0.15) is 19.3 Å². The lowest BCUT2D eigenvalue weighted by atomic mass is 10.0. The smallest absolute Gasteiger partial charge is 0.242 e. The molecule has 8 heteroatoms. The van der Waals surface area contributed by atoms with E-state index in [4.69, 9.17) is 0 Å². The highest BCUT2D eigenvalue weighted by molar-refractivity contribution is 7.88. The van der Waals surface area contributed by atoms with Crippen LogP contribution in [0.5, 0.6) is 0 Å². The molecule has 1 saturated heterocycles. The number of thiazole rings is 1. The van der Waals surface area contributed by atoms with Gasteiger partial charge in [-0.25, -0.2) is 13.4 Å². The molecule has 146 valence electrons. The fourth-order valence-electron chi connectivity index (χ4n) is 3.55. The number of hydrogen-bond donors (Lipinski definition) is 1. The maximum Gasteiger partial charge on any atom is 0.242 e. The van der Waals surface area contributed by atoms with Crippen molar-refractivity contribution in [3.8, 4) is 10.6 Å². The summed E-state index contributed by atoms with van der Waals surface area (Å²) in [4.78, 5) is 17.6.